The standard InChI is InChI=1S/C11H18O2Si.Ni/c1-14(2,3)8-7-9-5-4-6-10(12)11(9)13;/h4-6,12-13H,7-8H2,1-3H3;/q;+2/p-2. The van der Waals surface area contributed by atoms with E-state index in [9.17, 15) is 10.2 Å². The third-order valence-corrected chi connectivity index (χ3v) is 3.95. The molecule has 0 aromatic heterocycles. The van der Waals surface area contributed by atoms with Crippen LogP contribution in [0.3, 0.4) is 0 Å². The second-order valence-corrected chi connectivity index (χ2v) is 10.4. The van der Waals surface area contributed by atoms with Gasteiger partial charge in [-0.3, -0.25) is 0 Å². The van der Waals surface area contributed by atoms with Gasteiger partial charge < -0.3 is 10.2 Å². The Kier molecular flexibility index (Phi) is 5.40. The maximum absolute atomic E-state index is 11.4. The minimum atomic E-state index is -1.12. The minimum absolute atomic E-state index is 0. The van der Waals surface area contributed by atoms with Crippen LogP contribution in [0.5, 0.6) is 11.5 Å². The summed E-state index contributed by atoms with van der Waals surface area (Å²) in [6, 6.07) is 5.83. The first kappa shape index (κ1) is 14.5. The van der Waals surface area contributed by atoms with Gasteiger partial charge in [0, 0.05) is 8.07 Å². The maximum Gasteiger partial charge on any atom is 2.00 e. The Bertz CT molecular complexity index is 321. The first-order valence-corrected chi connectivity index (χ1v) is 8.57. The van der Waals surface area contributed by atoms with Crippen LogP contribution in [0, 0.1) is 0 Å². The van der Waals surface area contributed by atoms with Crippen LogP contribution in [-0.2, 0) is 22.9 Å². The molecule has 0 aliphatic carbocycles. The van der Waals surface area contributed by atoms with E-state index in [1.807, 2.05) is 0 Å². The number of aryl methyl sites for hydroxylation is 1. The van der Waals surface area contributed by atoms with Crippen molar-refractivity contribution in [3.8, 4) is 11.5 Å². The van der Waals surface area contributed by atoms with Crippen LogP contribution in [-0.4, -0.2) is 8.07 Å². The van der Waals surface area contributed by atoms with Crippen molar-refractivity contribution in [2.24, 2.45) is 0 Å². The smallest absolute Gasteiger partial charge is 0.873 e. The van der Waals surface area contributed by atoms with Gasteiger partial charge in [0.05, 0.1) is 0 Å². The van der Waals surface area contributed by atoms with Gasteiger partial charge in [0.15, 0.2) is 0 Å². The second kappa shape index (κ2) is 5.57. The molecule has 2 nitrogen and oxygen atoms in total. The Hall–Kier alpha value is -0.470. The molecular formula is C11H16NiO2Si. The molecule has 0 saturated heterocycles. The monoisotopic (exact) mass is 266 g/mol. The van der Waals surface area contributed by atoms with Crippen LogP contribution in [0.1, 0.15) is 5.56 Å². The Morgan fingerprint density at radius 1 is 1.13 bits per heavy atom. The summed E-state index contributed by atoms with van der Waals surface area (Å²) in [6.07, 6.45) is 0.755. The van der Waals surface area contributed by atoms with Crippen LogP contribution in [0.25, 0.3) is 0 Å². The third-order valence-electron chi connectivity index (χ3n) is 2.20. The van der Waals surface area contributed by atoms with Gasteiger partial charge in [-0.25, -0.2) is 0 Å². The Morgan fingerprint density at radius 2 is 1.73 bits per heavy atom. The summed E-state index contributed by atoms with van der Waals surface area (Å²) in [4.78, 5) is 0. The zero-order chi connectivity index (χ0) is 10.8. The normalized spacial score (nSPS) is 10.9. The predicted molar refractivity (Wildman–Crippen MR) is 57.2 cm³/mol. The van der Waals surface area contributed by atoms with E-state index in [0.29, 0.717) is 5.56 Å². The minimum Gasteiger partial charge on any atom is -0.873 e. The average Bonchev–Trinajstić information content (AvgIpc) is 2.06. The van der Waals surface area contributed by atoms with E-state index in [4.69, 9.17) is 0 Å². The molecule has 0 spiro atoms. The molecular weight excluding hydrogens is 251 g/mol. The van der Waals surface area contributed by atoms with Gasteiger partial charge in [-0.1, -0.05) is 49.4 Å². The molecule has 0 atom stereocenters. The van der Waals surface area contributed by atoms with E-state index in [-0.39, 0.29) is 28.0 Å². The molecule has 0 fully saturated rings. The largest absolute Gasteiger partial charge is 2.00 e. The van der Waals surface area contributed by atoms with Crippen molar-refractivity contribution in [2.45, 2.75) is 32.1 Å². The summed E-state index contributed by atoms with van der Waals surface area (Å²) in [7, 11) is -1.12. The zero-order valence-electron chi connectivity index (χ0n) is 9.28. The number of para-hydroxylation sites is 1. The van der Waals surface area contributed by atoms with Crippen LogP contribution in [0.2, 0.25) is 25.7 Å². The quantitative estimate of drug-likeness (QED) is 0.782. The first-order valence-electron chi connectivity index (χ1n) is 4.86. The van der Waals surface area contributed by atoms with Crippen molar-refractivity contribution in [1.82, 2.24) is 0 Å². The number of hydrogen-bond acceptors (Lipinski definition) is 2. The first-order chi connectivity index (χ1) is 6.40. The molecule has 0 N–H and O–H groups in total. The molecule has 1 aromatic rings. The van der Waals surface area contributed by atoms with E-state index >= 15 is 0 Å². The fourth-order valence-electron chi connectivity index (χ4n) is 1.27. The zero-order valence-corrected chi connectivity index (χ0v) is 11.3. The van der Waals surface area contributed by atoms with Crippen molar-refractivity contribution in [1.29, 1.82) is 0 Å². The van der Waals surface area contributed by atoms with Crippen molar-refractivity contribution in [3.63, 3.8) is 0 Å². The molecule has 1 rings (SSSR count). The molecule has 86 valence electrons. The summed E-state index contributed by atoms with van der Waals surface area (Å²) in [5.74, 6) is -0.691. The molecule has 0 aliphatic rings. The molecule has 0 saturated carbocycles. The van der Waals surface area contributed by atoms with Crippen molar-refractivity contribution in [2.75, 3.05) is 0 Å². The summed E-state index contributed by atoms with van der Waals surface area (Å²) in [5, 5.41) is 22.5. The molecule has 0 bridgehead atoms. The summed E-state index contributed by atoms with van der Waals surface area (Å²) in [6.45, 7) is 6.79. The Labute approximate surface area is 102 Å². The number of hydrogen-bond donors (Lipinski definition) is 0. The van der Waals surface area contributed by atoms with Crippen LogP contribution < -0.4 is 10.2 Å². The Morgan fingerprint density at radius 3 is 2.27 bits per heavy atom. The Balaban J connectivity index is 0.00000196. The molecule has 0 unspecified atom stereocenters. The van der Waals surface area contributed by atoms with E-state index in [1.54, 1.807) is 12.1 Å². The molecule has 0 heterocycles. The maximum atomic E-state index is 11.4. The van der Waals surface area contributed by atoms with Gasteiger partial charge in [0.1, 0.15) is 0 Å². The number of benzene rings is 1. The average molecular weight is 267 g/mol. The number of rotatable bonds is 3. The predicted octanol–water partition coefficient (Wildman–Crippen LogP) is 1.71. The van der Waals surface area contributed by atoms with Gasteiger partial charge in [-0.2, -0.15) is 0 Å². The SMILES string of the molecule is C[Si](C)(C)CCc1cccc([O-])c1[O-].[Ni+2]. The van der Waals surface area contributed by atoms with Crippen molar-refractivity contribution >= 4 is 8.07 Å². The van der Waals surface area contributed by atoms with Crippen molar-refractivity contribution < 1.29 is 26.7 Å². The van der Waals surface area contributed by atoms with E-state index in [2.05, 4.69) is 19.6 Å². The molecule has 15 heavy (non-hydrogen) atoms. The fourth-order valence-corrected chi connectivity index (χ4v) is 2.29. The van der Waals surface area contributed by atoms with Gasteiger partial charge >= 0.3 is 16.5 Å². The van der Waals surface area contributed by atoms with Gasteiger partial charge in [0.2, 0.25) is 0 Å². The third kappa shape index (κ3) is 4.72. The van der Waals surface area contributed by atoms with Crippen molar-refractivity contribution in [3.05, 3.63) is 23.8 Å². The molecule has 4 heteroatoms. The summed E-state index contributed by atoms with van der Waals surface area (Å²) < 4.78 is 0. The molecule has 0 radical (unpaired) electrons. The van der Waals surface area contributed by atoms with Crippen LogP contribution in [0.4, 0.5) is 0 Å². The van der Waals surface area contributed by atoms with Crippen LogP contribution >= 0.6 is 0 Å². The summed E-state index contributed by atoms with van der Waals surface area (Å²) in [5.41, 5.74) is 0.680. The van der Waals surface area contributed by atoms with Gasteiger partial charge in [-0.05, 0) is 6.42 Å². The summed E-state index contributed by atoms with van der Waals surface area (Å²) >= 11 is 0. The van der Waals surface area contributed by atoms with Crippen LogP contribution in [0.15, 0.2) is 18.2 Å². The molecule has 0 amide bonds. The van der Waals surface area contributed by atoms with E-state index in [0.717, 1.165) is 12.5 Å². The van der Waals surface area contributed by atoms with Gasteiger partial charge in [-0.15, -0.1) is 11.5 Å². The van der Waals surface area contributed by atoms with E-state index in [1.165, 1.54) is 6.07 Å². The fraction of sp³-hybridized carbons (Fsp3) is 0.455. The second-order valence-electron chi connectivity index (χ2n) is 4.81. The van der Waals surface area contributed by atoms with E-state index < -0.39 is 8.07 Å². The van der Waals surface area contributed by atoms with Gasteiger partial charge in [0.25, 0.3) is 0 Å². The molecule has 0 aliphatic heterocycles. The topological polar surface area (TPSA) is 46.1 Å². The molecule has 1 aromatic carbocycles.